The predicted molar refractivity (Wildman–Crippen MR) is 143 cm³/mol. The van der Waals surface area contributed by atoms with E-state index in [-0.39, 0.29) is 23.2 Å². The lowest BCUT2D eigenvalue weighted by Gasteiger charge is -2.34. The Bertz CT molecular complexity index is 1210. The fourth-order valence-corrected chi connectivity index (χ4v) is 4.75. The fraction of sp³-hybridized carbons (Fsp3) is 0.357. The summed E-state index contributed by atoms with van der Waals surface area (Å²) in [5, 5.41) is -0.0621. The number of carbonyl (C=O) groups excluding carboxylic acids is 1. The van der Waals surface area contributed by atoms with E-state index in [9.17, 15) is 4.79 Å². The number of carbonyl (C=O) groups is 1. The Labute approximate surface area is 217 Å². The molecule has 3 aromatic rings. The van der Waals surface area contributed by atoms with Crippen molar-refractivity contribution in [3.63, 3.8) is 0 Å². The first-order valence-electron chi connectivity index (χ1n) is 12.4. The number of aromatic nitrogens is 4. The van der Waals surface area contributed by atoms with E-state index in [1.807, 2.05) is 29.2 Å². The number of hydrogen-bond donors (Lipinski definition) is 1. The minimum absolute atomic E-state index is 0.0621. The molecule has 7 nitrogen and oxygen atoms in total. The van der Waals surface area contributed by atoms with Crippen molar-refractivity contribution in [1.82, 2.24) is 24.4 Å². The van der Waals surface area contributed by atoms with Crippen molar-refractivity contribution in [2.24, 2.45) is 11.7 Å². The zero-order valence-corrected chi connectivity index (χ0v) is 21.6. The topological polar surface area (TPSA) is 89.9 Å². The molecule has 2 N–H and O–H groups in total. The molecule has 1 aromatic carbocycles. The van der Waals surface area contributed by atoms with Crippen LogP contribution in [-0.4, -0.2) is 48.8 Å². The van der Waals surface area contributed by atoms with E-state index in [2.05, 4.69) is 58.9 Å². The lowest BCUT2D eigenvalue weighted by Crippen LogP contribution is -2.40. The highest BCUT2D eigenvalue weighted by molar-refractivity contribution is 6.22. The molecule has 4 rings (SSSR count). The molecule has 0 spiro atoms. The SMILES string of the molecule is CC(C)C(c1nc(C2=CC(Cl)CC=C2)cn1Cc1ccccc1)N(CCCN)C(=O)c1cnccn1. The summed E-state index contributed by atoms with van der Waals surface area (Å²) in [6.45, 7) is 5.83. The summed E-state index contributed by atoms with van der Waals surface area (Å²) in [4.78, 5) is 29.0. The Kier molecular flexibility index (Phi) is 8.67. The van der Waals surface area contributed by atoms with Crippen molar-refractivity contribution in [2.45, 2.75) is 44.7 Å². The zero-order chi connectivity index (χ0) is 25.5. The van der Waals surface area contributed by atoms with Crippen molar-refractivity contribution in [3.8, 4) is 0 Å². The summed E-state index contributed by atoms with van der Waals surface area (Å²) in [6, 6.07) is 9.97. The molecular weight excluding hydrogens is 472 g/mol. The summed E-state index contributed by atoms with van der Waals surface area (Å²) < 4.78 is 2.15. The van der Waals surface area contributed by atoms with Crippen molar-refractivity contribution in [2.75, 3.05) is 13.1 Å². The Morgan fingerprint density at radius 2 is 2.06 bits per heavy atom. The maximum Gasteiger partial charge on any atom is 0.274 e. The van der Waals surface area contributed by atoms with Crippen LogP contribution in [0.4, 0.5) is 0 Å². The van der Waals surface area contributed by atoms with Gasteiger partial charge in [-0.25, -0.2) is 9.97 Å². The van der Waals surface area contributed by atoms with Crippen molar-refractivity contribution in [3.05, 3.63) is 96.1 Å². The normalized spacial score (nSPS) is 16.1. The molecule has 2 heterocycles. The van der Waals surface area contributed by atoms with Crippen molar-refractivity contribution >= 4 is 23.1 Å². The van der Waals surface area contributed by atoms with Crippen LogP contribution in [0.25, 0.3) is 5.57 Å². The zero-order valence-electron chi connectivity index (χ0n) is 20.8. The number of nitrogens with two attached hydrogens (primary N) is 1. The number of hydrogen-bond acceptors (Lipinski definition) is 5. The molecule has 188 valence electrons. The van der Waals surface area contributed by atoms with Crippen LogP contribution in [0.1, 0.15) is 60.3 Å². The molecule has 0 saturated carbocycles. The van der Waals surface area contributed by atoms with Gasteiger partial charge in [0.2, 0.25) is 0 Å². The molecule has 0 saturated heterocycles. The maximum atomic E-state index is 13.7. The number of rotatable bonds is 10. The van der Waals surface area contributed by atoms with Crippen LogP contribution in [0.5, 0.6) is 0 Å². The van der Waals surface area contributed by atoms with Gasteiger partial charge in [0.15, 0.2) is 0 Å². The fourth-order valence-electron chi connectivity index (χ4n) is 4.51. The Hall–Kier alpha value is -3.29. The summed E-state index contributed by atoms with van der Waals surface area (Å²) in [5.74, 6) is 0.734. The molecule has 1 aliphatic rings. The first kappa shape index (κ1) is 25.8. The molecule has 1 amide bonds. The molecule has 1 aliphatic carbocycles. The lowest BCUT2D eigenvalue weighted by atomic mass is 10.00. The molecule has 2 unspecified atom stereocenters. The summed E-state index contributed by atoms with van der Waals surface area (Å²) in [5.41, 5.74) is 9.17. The number of nitrogens with zero attached hydrogens (tertiary/aromatic N) is 5. The van der Waals surface area contributed by atoms with Crippen LogP contribution in [0, 0.1) is 5.92 Å². The monoisotopic (exact) mass is 504 g/mol. The molecule has 0 fully saturated rings. The van der Waals surface area contributed by atoms with Crippen LogP contribution < -0.4 is 5.73 Å². The van der Waals surface area contributed by atoms with Crippen molar-refractivity contribution < 1.29 is 4.79 Å². The van der Waals surface area contributed by atoms with Crippen LogP contribution >= 0.6 is 11.6 Å². The van der Waals surface area contributed by atoms with Crippen molar-refractivity contribution in [1.29, 1.82) is 0 Å². The van der Waals surface area contributed by atoms with Gasteiger partial charge in [0.05, 0.1) is 23.3 Å². The summed E-state index contributed by atoms with van der Waals surface area (Å²) in [7, 11) is 0. The summed E-state index contributed by atoms with van der Waals surface area (Å²) >= 11 is 6.43. The third kappa shape index (κ3) is 6.09. The lowest BCUT2D eigenvalue weighted by molar-refractivity contribution is 0.0598. The Balaban J connectivity index is 1.81. The average molecular weight is 505 g/mol. The van der Waals surface area contributed by atoms with E-state index in [1.165, 1.54) is 12.4 Å². The number of amides is 1. The highest BCUT2D eigenvalue weighted by Gasteiger charge is 2.33. The standard InChI is InChI=1S/C28H33ClN6O/c1-20(2)26(35(15-7-12-30)28(36)24-17-31-13-14-32-24)27-33-25(22-10-6-11-23(29)16-22)19-34(27)18-21-8-4-3-5-9-21/h3-6,8-10,13-14,16-17,19-20,23,26H,7,11-12,15,18,30H2,1-2H3. The second kappa shape index (κ2) is 12.1. The molecule has 2 atom stereocenters. The van der Waals surface area contributed by atoms with Gasteiger partial charge in [0.1, 0.15) is 11.5 Å². The van der Waals surface area contributed by atoms with E-state index in [1.54, 1.807) is 6.20 Å². The highest BCUT2D eigenvalue weighted by atomic mass is 35.5. The van der Waals surface area contributed by atoms with Crippen LogP contribution in [-0.2, 0) is 6.54 Å². The second-order valence-electron chi connectivity index (χ2n) is 9.29. The van der Waals surface area contributed by atoms with Gasteiger partial charge in [-0.3, -0.25) is 9.78 Å². The van der Waals surface area contributed by atoms with Crippen LogP contribution in [0.15, 0.2) is 73.3 Å². The van der Waals surface area contributed by atoms with Gasteiger partial charge in [-0.15, -0.1) is 11.6 Å². The number of allylic oxidation sites excluding steroid dienone is 4. The van der Waals surface area contributed by atoms with E-state index in [0.717, 1.165) is 29.1 Å². The number of imidazole rings is 1. The van der Waals surface area contributed by atoms with Gasteiger partial charge in [-0.1, -0.05) is 62.4 Å². The average Bonchev–Trinajstić information content (AvgIpc) is 3.30. The van der Waals surface area contributed by atoms with E-state index in [0.29, 0.717) is 31.7 Å². The van der Waals surface area contributed by atoms with E-state index >= 15 is 0 Å². The first-order chi connectivity index (χ1) is 17.5. The predicted octanol–water partition coefficient (Wildman–Crippen LogP) is 4.86. The van der Waals surface area contributed by atoms with Gasteiger partial charge in [0.25, 0.3) is 5.91 Å². The largest absolute Gasteiger partial charge is 0.330 e. The highest BCUT2D eigenvalue weighted by Crippen LogP contribution is 2.32. The van der Waals surface area contributed by atoms with Gasteiger partial charge >= 0.3 is 0 Å². The smallest absolute Gasteiger partial charge is 0.274 e. The maximum absolute atomic E-state index is 13.7. The third-order valence-corrected chi connectivity index (χ3v) is 6.50. The number of halogens is 1. The van der Waals surface area contributed by atoms with Gasteiger partial charge in [-0.2, -0.15) is 0 Å². The summed E-state index contributed by atoms with van der Waals surface area (Å²) in [6.07, 6.45) is 14.3. The quantitative estimate of drug-likeness (QED) is 0.398. The second-order valence-corrected chi connectivity index (χ2v) is 9.85. The molecule has 0 bridgehead atoms. The first-order valence-corrected chi connectivity index (χ1v) is 12.8. The third-order valence-electron chi connectivity index (χ3n) is 6.20. The van der Waals surface area contributed by atoms with Gasteiger partial charge < -0.3 is 15.2 Å². The number of benzene rings is 1. The van der Waals surface area contributed by atoms with Crippen LogP contribution in [0.2, 0.25) is 0 Å². The molecular formula is C28H33ClN6O. The molecule has 0 radical (unpaired) electrons. The van der Waals surface area contributed by atoms with E-state index < -0.39 is 0 Å². The molecule has 36 heavy (non-hydrogen) atoms. The molecule has 0 aliphatic heterocycles. The minimum Gasteiger partial charge on any atom is -0.330 e. The molecule has 8 heteroatoms. The Morgan fingerprint density at radius 1 is 1.25 bits per heavy atom. The van der Waals surface area contributed by atoms with E-state index in [4.69, 9.17) is 22.3 Å². The minimum atomic E-state index is -0.288. The Morgan fingerprint density at radius 3 is 2.72 bits per heavy atom. The molecule has 2 aromatic heterocycles. The van der Waals surface area contributed by atoms with Gasteiger partial charge in [0, 0.05) is 31.7 Å². The van der Waals surface area contributed by atoms with Gasteiger partial charge in [-0.05, 0) is 36.4 Å². The van der Waals surface area contributed by atoms with Crippen LogP contribution in [0.3, 0.4) is 0 Å². The number of alkyl halides is 1.